The number of nitrogens with zero attached hydrogens (tertiary/aromatic N) is 2. The molecular weight excluding hydrogens is 216 g/mol. The Kier molecular flexibility index (Phi) is 3.95. The first-order chi connectivity index (χ1) is 8.28. The third kappa shape index (κ3) is 3.44. The van der Waals surface area contributed by atoms with Crippen molar-refractivity contribution >= 4 is 0 Å². The first-order valence-electron chi connectivity index (χ1n) is 5.74. The Bertz CT molecular complexity index is 435. The number of aromatic nitrogens is 2. The number of hydrazine groups is 1. The van der Waals surface area contributed by atoms with Gasteiger partial charge in [-0.3, -0.25) is 16.0 Å². The number of hydrogen-bond acceptors (Lipinski definition) is 4. The largest absolute Gasteiger partial charge is 0.469 e. The minimum atomic E-state index is 0.240. The monoisotopic (exact) mass is 234 g/mol. The first-order valence-corrected chi connectivity index (χ1v) is 5.74. The number of hydrogen-bond donors (Lipinski definition) is 2. The first kappa shape index (κ1) is 11.9. The molecule has 2 aromatic rings. The summed E-state index contributed by atoms with van der Waals surface area (Å²) in [6.07, 6.45) is 8.29. The summed E-state index contributed by atoms with van der Waals surface area (Å²) in [6, 6.07) is 4.13. The molecule has 0 bridgehead atoms. The van der Waals surface area contributed by atoms with Crippen LogP contribution >= 0.6 is 0 Å². The zero-order valence-electron chi connectivity index (χ0n) is 9.97. The molecule has 2 heterocycles. The zero-order valence-corrected chi connectivity index (χ0v) is 9.97. The van der Waals surface area contributed by atoms with E-state index in [1.807, 2.05) is 31.6 Å². The van der Waals surface area contributed by atoms with E-state index in [0.29, 0.717) is 0 Å². The van der Waals surface area contributed by atoms with Crippen molar-refractivity contribution in [3.05, 3.63) is 42.1 Å². The Morgan fingerprint density at radius 1 is 1.59 bits per heavy atom. The molecule has 0 fully saturated rings. The normalized spacial score (nSPS) is 12.8. The van der Waals surface area contributed by atoms with Gasteiger partial charge in [0.05, 0.1) is 12.5 Å². The lowest BCUT2D eigenvalue weighted by Crippen LogP contribution is -2.37. The van der Waals surface area contributed by atoms with Crippen LogP contribution in [-0.4, -0.2) is 15.8 Å². The highest BCUT2D eigenvalue weighted by Crippen LogP contribution is 2.09. The maximum atomic E-state index is 5.56. The van der Waals surface area contributed by atoms with Gasteiger partial charge in [-0.2, -0.15) is 5.10 Å². The second-order valence-corrected chi connectivity index (χ2v) is 4.21. The molecule has 5 nitrogen and oxygen atoms in total. The van der Waals surface area contributed by atoms with E-state index < -0.39 is 0 Å². The fourth-order valence-corrected chi connectivity index (χ4v) is 1.88. The third-order valence-electron chi connectivity index (χ3n) is 2.80. The van der Waals surface area contributed by atoms with E-state index in [1.165, 1.54) is 5.56 Å². The molecule has 0 aliphatic rings. The molecule has 0 amide bonds. The van der Waals surface area contributed by atoms with Crippen LogP contribution in [0.25, 0.3) is 0 Å². The number of nitrogens with two attached hydrogens (primary N) is 1. The molecule has 0 aromatic carbocycles. The summed E-state index contributed by atoms with van der Waals surface area (Å²) in [5.41, 5.74) is 4.03. The van der Waals surface area contributed by atoms with Gasteiger partial charge in [-0.25, -0.2) is 0 Å². The highest BCUT2D eigenvalue weighted by molar-refractivity contribution is 5.06. The van der Waals surface area contributed by atoms with Crippen molar-refractivity contribution in [2.45, 2.75) is 25.3 Å². The minimum Gasteiger partial charge on any atom is -0.469 e. The summed E-state index contributed by atoms with van der Waals surface area (Å²) >= 11 is 0. The minimum absolute atomic E-state index is 0.240. The van der Waals surface area contributed by atoms with Gasteiger partial charge in [-0.1, -0.05) is 0 Å². The molecule has 5 heteroatoms. The molecule has 0 aliphatic carbocycles. The van der Waals surface area contributed by atoms with Crippen LogP contribution in [-0.2, 0) is 19.9 Å². The van der Waals surface area contributed by atoms with Gasteiger partial charge in [0.2, 0.25) is 0 Å². The number of aryl methyl sites for hydroxylation is 2. The van der Waals surface area contributed by atoms with Crippen molar-refractivity contribution in [2.75, 3.05) is 0 Å². The zero-order chi connectivity index (χ0) is 12.1. The fraction of sp³-hybridized carbons (Fsp3) is 0.417. The van der Waals surface area contributed by atoms with Gasteiger partial charge in [0.1, 0.15) is 5.76 Å². The third-order valence-corrected chi connectivity index (χ3v) is 2.80. The van der Waals surface area contributed by atoms with E-state index in [4.69, 9.17) is 10.3 Å². The summed E-state index contributed by atoms with van der Waals surface area (Å²) in [5.74, 6) is 6.56. The van der Waals surface area contributed by atoms with E-state index >= 15 is 0 Å². The van der Waals surface area contributed by atoms with Crippen LogP contribution < -0.4 is 11.3 Å². The molecular formula is C12H18N4O. The molecule has 2 rings (SSSR count). The van der Waals surface area contributed by atoms with E-state index in [0.717, 1.165) is 25.0 Å². The van der Waals surface area contributed by atoms with Gasteiger partial charge in [0, 0.05) is 25.7 Å². The predicted molar refractivity (Wildman–Crippen MR) is 65.1 cm³/mol. The molecule has 0 spiro atoms. The molecule has 3 N–H and O–H groups in total. The Hall–Kier alpha value is -1.59. The molecule has 0 aliphatic heterocycles. The second-order valence-electron chi connectivity index (χ2n) is 4.21. The Labute approximate surface area is 101 Å². The smallest absolute Gasteiger partial charge is 0.103 e. The quantitative estimate of drug-likeness (QED) is 0.578. The average molecular weight is 234 g/mol. The lowest BCUT2D eigenvalue weighted by Gasteiger charge is -2.13. The predicted octanol–water partition coefficient (Wildman–Crippen LogP) is 1.02. The summed E-state index contributed by atoms with van der Waals surface area (Å²) < 4.78 is 7.10. The van der Waals surface area contributed by atoms with Crippen molar-refractivity contribution in [3.8, 4) is 0 Å². The molecule has 2 aromatic heterocycles. The van der Waals surface area contributed by atoms with E-state index in [2.05, 4.69) is 10.5 Å². The number of nitrogens with one attached hydrogen (secondary N) is 1. The van der Waals surface area contributed by atoms with E-state index in [1.54, 1.807) is 10.9 Å². The summed E-state index contributed by atoms with van der Waals surface area (Å²) in [6.45, 7) is 0. The molecule has 1 unspecified atom stereocenters. The number of rotatable bonds is 6. The topological polar surface area (TPSA) is 69.0 Å². The van der Waals surface area contributed by atoms with Crippen LogP contribution in [0.2, 0.25) is 0 Å². The summed E-state index contributed by atoms with van der Waals surface area (Å²) in [7, 11) is 1.91. The van der Waals surface area contributed by atoms with Gasteiger partial charge < -0.3 is 4.42 Å². The fourth-order valence-electron chi connectivity index (χ4n) is 1.88. The van der Waals surface area contributed by atoms with Gasteiger partial charge >= 0.3 is 0 Å². The van der Waals surface area contributed by atoms with Crippen LogP contribution in [0.4, 0.5) is 0 Å². The molecule has 17 heavy (non-hydrogen) atoms. The Morgan fingerprint density at radius 2 is 2.47 bits per heavy atom. The van der Waals surface area contributed by atoms with Crippen LogP contribution in [0.15, 0.2) is 35.2 Å². The van der Waals surface area contributed by atoms with E-state index in [9.17, 15) is 0 Å². The van der Waals surface area contributed by atoms with Crippen LogP contribution in [0.1, 0.15) is 17.7 Å². The maximum absolute atomic E-state index is 5.56. The summed E-state index contributed by atoms with van der Waals surface area (Å²) in [5, 5.41) is 4.14. The molecule has 0 radical (unpaired) electrons. The van der Waals surface area contributed by atoms with Crippen LogP contribution in [0.3, 0.4) is 0 Å². The highest BCUT2D eigenvalue weighted by Gasteiger charge is 2.10. The van der Waals surface area contributed by atoms with Crippen LogP contribution in [0, 0.1) is 0 Å². The lowest BCUT2D eigenvalue weighted by molar-refractivity contribution is 0.447. The van der Waals surface area contributed by atoms with Gasteiger partial charge in [-0.05, 0) is 30.5 Å². The van der Waals surface area contributed by atoms with E-state index in [-0.39, 0.29) is 6.04 Å². The Morgan fingerprint density at radius 3 is 3.06 bits per heavy atom. The van der Waals surface area contributed by atoms with Crippen molar-refractivity contribution in [3.63, 3.8) is 0 Å². The Balaban J connectivity index is 1.84. The second kappa shape index (κ2) is 5.65. The number of furan rings is 1. The van der Waals surface area contributed by atoms with Gasteiger partial charge in [0.25, 0.3) is 0 Å². The summed E-state index contributed by atoms with van der Waals surface area (Å²) in [4.78, 5) is 0. The maximum Gasteiger partial charge on any atom is 0.103 e. The standard InChI is InChI=1S/C12H18N4O/c1-16-9-10(8-14-16)7-11(15-13)4-5-12-3-2-6-17-12/h2-3,6,8-9,11,15H,4-5,7,13H2,1H3. The average Bonchev–Trinajstić information content (AvgIpc) is 2.96. The van der Waals surface area contributed by atoms with Crippen molar-refractivity contribution in [2.24, 2.45) is 12.9 Å². The SMILES string of the molecule is Cn1cc(CC(CCc2ccco2)NN)cn1. The molecule has 92 valence electrons. The van der Waals surface area contributed by atoms with Crippen molar-refractivity contribution < 1.29 is 4.42 Å². The lowest BCUT2D eigenvalue weighted by atomic mass is 10.0. The van der Waals surface area contributed by atoms with Crippen molar-refractivity contribution in [1.82, 2.24) is 15.2 Å². The van der Waals surface area contributed by atoms with Gasteiger partial charge in [-0.15, -0.1) is 0 Å². The van der Waals surface area contributed by atoms with Gasteiger partial charge in [0.15, 0.2) is 0 Å². The molecule has 0 saturated carbocycles. The molecule has 1 atom stereocenters. The van der Waals surface area contributed by atoms with Crippen molar-refractivity contribution in [1.29, 1.82) is 0 Å². The molecule has 0 saturated heterocycles. The van der Waals surface area contributed by atoms with Crippen LogP contribution in [0.5, 0.6) is 0 Å². The highest BCUT2D eigenvalue weighted by atomic mass is 16.3.